The van der Waals surface area contributed by atoms with Gasteiger partial charge in [-0.2, -0.15) is 0 Å². The maximum absolute atomic E-state index is 3.38. The van der Waals surface area contributed by atoms with Gasteiger partial charge in [0.15, 0.2) is 0 Å². The highest BCUT2D eigenvalue weighted by molar-refractivity contribution is 7.83. The summed E-state index contributed by atoms with van der Waals surface area (Å²) in [7, 11) is -1.01. The van der Waals surface area contributed by atoms with Crippen LogP contribution in [0.25, 0.3) is 0 Å². The Bertz CT molecular complexity index is 231. The molecule has 0 aromatic rings. The fourth-order valence-corrected chi connectivity index (χ4v) is 4.22. The van der Waals surface area contributed by atoms with E-state index in [0.29, 0.717) is 0 Å². The molecule has 60 valence electrons. The van der Waals surface area contributed by atoms with Crippen molar-refractivity contribution in [2.45, 2.75) is 26.4 Å². The second-order valence-corrected chi connectivity index (χ2v) is 7.08. The maximum Gasteiger partial charge on any atom is 0.117 e. The molecule has 0 fully saturated rings. The van der Waals surface area contributed by atoms with Crippen LogP contribution in [0.1, 0.15) is 20.8 Å². The van der Waals surface area contributed by atoms with Gasteiger partial charge in [-0.25, -0.2) is 0 Å². The van der Waals surface area contributed by atoms with Crippen molar-refractivity contribution in [1.82, 2.24) is 0 Å². The molecule has 11 heavy (non-hydrogen) atoms. The van der Waals surface area contributed by atoms with E-state index < -0.39 is 7.26 Å². The number of rotatable bonds is 0. The molecule has 0 nitrogen and oxygen atoms in total. The average molecular weight is 167 g/mol. The van der Waals surface area contributed by atoms with Gasteiger partial charge >= 0.3 is 0 Å². The lowest BCUT2D eigenvalue weighted by atomic mass is 10.1. The first-order valence-corrected chi connectivity index (χ1v) is 6.47. The summed E-state index contributed by atoms with van der Waals surface area (Å²) in [6.07, 6.45) is 2.32. The van der Waals surface area contributed by atoms with Crippen LogP contribution < -0.4 is 0 Å². The SMILES string of the molecule is CC#C[P+]1(C)C=CC(C)C1C. The van der Waals surface area contributed by atoms with Gasteiger partial charge in [0.2, 0.25) is 0 Å². The van der Waals surface area contributed by atoms with Crippen LogP contribution in [0.2, 0.25) is 0 Å². The summed E-state index contributed by atoms with van der Waals surface area (Å²) in [5.41, 5.74) is 4.15. The molecular weight excluding hydrogens is 151 g/mol. The molecule has 0 saturated carbocycles. The van der Waals surface area contributed by atoms with E-state index in [2.05, 4.69) is 44.0 Å². The Morgan fingerprint density at radius 2 is 2.00 bits per heavy atom. The largest absolute Gasteiger partial charge is 0.117 e. The summed E-state index contributed by atoms with van der Waals surface area (Å²) < 4.78 is 0. The molecule has 0 aromatic heterocycles. The Labute approximate surface area is 70.4 Å². The molecule has 1 heterocycles. The van der Waals surface area contributed by atoms with Crippen molar-refractivity contribution in [2.24, 2.45) is 5.92 Å². The van der Waals surface area contributed by atoms with Crippen molar-refractivity contribution in [3.63, 3.8) is 0 Å². The van der Waals surface area contributed by atoms with Gasteiger partial charge in [0, 0.05) is 12.8 Å². The third-order valence-electron chi connectivity index (χ3n) is 2.66. The highest BCUT2D eigenvalue weighted by atomic mass is 31.2. The normalized spacial score (nSPS) is 41.8. The summed E-state index contributed by atoms with van der Waals surface area (Å²) in [4.78, 5) is 0. The Kier molecular flexibility index (Phi) is 2.40. The average Bonchev–Trinajstić information content (AvgIpc) is 2.19. The third-order valence-corrected chi connectivity index (χ3v) is 6.32. The zero-order chi connectivity index (χ0) is 8.48. The molecule has 3 atom stereocenters. The standard InChI is InChI=1S/C10H16P/c1-5-7-11(4)8-6-9(2)10(11)3/h6,8-10H,1-4H3/q+1. The van der Waals surface area contributed by atoms with Crippen molar-refractivity contribution in [3.8, 4) is 11.6 Å². The fraction of sp³-hybridized carbons (Fsp3) is 0.600. The summed E-state index contributed by atoms with van der Waals surface area (Å²) in [5.74, 6) is 6.14. The van der Waals surface area contributed by atoms with E-state index in [0.717, 1.165) is 11.6 Å². The predicted molar refractivity (Wildman–Crippen MR) is 54.1 cm³/mol. The van der Waals surface area contributed by atoms with Crippen LogP contribution >= 0.6 is 7.26 Å². The molecule has 1 rings (SSSR count). The molecule has 1 aliphatic rings. The first-order valence-electron chi connectivity index (χ1n) is 4.09. The van der Waals surface area contributed by atoms with Gasteiger partial charge in [0.1, 0.15) is 7.26 Å². The molecule has 0 bridgehead atoms. The van der Waals surface area contributed by atoms with Crippen LogP contribution in [0, 0.1) is 17.5 Å². The highest BCUT2D eigenvalue weighted by Crippen LogP contribution is 2.66. The zero-order valence-corrected chi connectivity index (χ0v) is 8.65. The van der Waals surface area contributed by atoms with Crippen molar-refractivity contribution in [3.05, 3.63) is 11.9 Å². The Balaban J connectivity index is 2.87. The van der Waals surface area contributed by atoms with Gasteiger partial charge in [-0.05, 0) is 13.0 Å². The molecule has 0 aromatic carbocycles. The van der Waals surface area contributed by atoms with E-state index in [9.17, 15) is 0 Å². The van der Waals surface area contributed by atoms with Gasteiger partial charge in [-0.15, -0.1) is 0 Å². The maximum atomic E-state index is 3.38. The molecular formula is C10H16P+. The Morgan fingerprint density at radius 1 is 1.36 bits per heavy atom. The molecule has 1 aliphatic heterocycles. The Morgan fingerprint density at radius 3 is 2.36 bits per heavy atom. The summed E-state index contributed by atoms with van der Waals surface area (Å²) in [5, 5.41) is 0. The quantitative estimate of drug-likeness (QED) is 0.384. The molecule has 0 amide bonds. The zero-order valence-electron chi connectivity index (χ0n) is 7.76. The monoisotopic (exact) mass is 167 g/mol. The topological polar surface area (TPSA) is 0 Å². The summed E-state index contributed by atoms with van der Waals surface area (Å²) in [6.45, 7) is 8.87. The fourth-order valence-electron chi connectivity index (χ4n) is 1.48. The number of hydrogen-bond acceptors (Lipinski definition) is 0. The second kappa shape index (κ2) is 3.00. The minimum Gasteiger partial charge on any atom is -0.0632 e. The number of allylic oxidation sites excluding steroid dienone is 1. The van der Waals surface area contributed by atoms with E-state index in [1.54, 1.807) is 0 Å². The predicted octanol–water partition coefficient (Wildman–Crippen LogP) is 3.17. The minimum absolute atomic E-state index is 0.731. The van der Waals surface area contributed by atoms with Crippen LogP contribution in [0.4, 0.5) is 0 Å². The molecule has 0 aliphatic carbocycles. The van der Waals surface area contributed by atoms with E-state index in [1.807, 2.05) is 6.92 Å². The molecule has 0 saturated heterocycles. The van der Waals surface area contributed by atoms with Crippen molar-refractivity contribution < 1.29 is 0 Å². The van der Waals surface area contributed by atoms with Gasteiger partial charge in [-0.3, -0.25) is 0 Å². The lowest BCUT2D eigenvalue weighted by Gasteiger charge is -2.15. The lowest BCUT2D eigenvalue weighted by Crippen LogP contribution is -2.08. The molecule has 1 heteroatoms. The van der Waals surface area contributed by atoms with Crippen molar-refractivity contribution >= 4 is 7.26 Å². The van der Waals surface area contributed by atoms with Gasteiger partial charge in [0.05, 0.1) is 23.8 Å². The first-order chi connectivity index (χ1) is 5.10. The van der Waals surface area contributed by atoms with Crippen LogP contribution in [0.15, 0.2) is 11.9 Å². The lowest BCUT2D eigenvalue weighted by molar-refractivity contribution is 0.720. The van der Waals surface area contributed by atoms with Crippen LogP contribution in [0.3, 0.4) is 0 Å². The van der Waals surface area contributed by atoms with E-state index in [1.165, 1.54) is 0 Å². The van der Waals surface area contributed by atoms with Crippen LogP contribution in [0.5, 0.6) is 0 Å². The summed E-state index contributed by atoms with van der Waals surface area (Å²) >= 11 is 0. The molecule has 3 unspecified atom stereocenters. The van der Waals surface area contributed by atoms with Gasteiger partial charge in [0.25, 0.3) is 0 Å². The van der Waals surface area contributed by atoms with Gasteiger partial charge in [-0.1, -0.05) is 12.8 Å². The van der Waals surface area contributed by atoms with E-state index in [-0.39, 0.29) is 0 Å². The molecule has 0 spiro atoms. The minimum atomic E-state index is -1.01. The van der Waals surface area contributed by atoms with Crippen molar-refractivity contribution in [2.75, 3.05) is 6.66 Å². The molecule has 0 N–H and O–H groups in total. The summed E-state index contributed by atoms with van der Waals surface area (Å²) in [6, 6.07) is 0. The third kappa shape index (κ3) is 1.49. The molecule has 0 radical (unpaired) electrons. The number of hydrogen-bond donors (Lipinski definition) is 0. The second-order valence-electron chi connectivity index (χ2n) is 3.45. The van der Waals surface area contributed by atoms with E-state index in [4.69, 9.17) is 0 Å². The smallest absolute Gasteiger partial charge is 0.0632 e. The van der Waals surface area contributed by atoms with E-state index >= 15 is 0 Å². The highest BCUT2D eigenvalue weighted by Gasteiger charge is 2.42. The first kappa shape index (κ1) is 8.82. The van der Waals surface area contributed by atoms with Crippen LogP contribution in [-0.2, 0) is 0 Å². The Hall–Kier alpha value is -0.270. The van der Waals surface area contributed by atoms with Crippen molar-refractivity contribution in [1.29, 1.82) is 0 Å². The van der Waals surface area contributed by atoms with Gasteiger partial charge < -0.3 is 0 Å². The van der Waals surface area contributed by atoms with Crippen LogP contribution in [-0.4, -0.2) is 12.3 Å².